The molecule has 1 atom stereocenters. The molecule has 1 unspecified atom stereocenters. The topological polar surface area (TPSA) is 40.5 Å². The Morgan fingerprint density at radius 2 is 2.33 bits per heavy atom. The highest BCUT2D eigenvalue weighted by Crippen LogP contribution is 2.44. The zero-order chi connectivity index (χ0) is 14.9. The van der Waals surface area contributed by atoms with Gasteiger partial charge in [0.25, 0.3) is 5.91 Å². The predicted octanol–water partition coefficient (Wildman–Crippen LogP) is 3.33. The molecule has 4 heteroatoms. The zero-order valence-electron chi connectivity index (χ0n) is 12.8. The second-order valence-corrected chi connectivity index (χ2v) is 7.79. The highest BCUT2D eigenvalue weighted by molar-refractivity contribution is 7.10. The van der Waals surface area contributed by atoms with E-state index in [-0.39, 0.29) is 17.9 Å². The minimum Gasteiger partial charge on any atom is -0.396 e. The van der Waals surface area contributed by atoms with Crippen LogP contribution in [0.4, 0.5) is 0 Å². The molecule has 2 heterocycles. The van der Waals surface area contributed by atoms with Crippen molar-refractivity contribution in [1.29, 1.82) is 0 Å². The molecular weight excluding hydrogens is 282 g/mol. The molecule has 1 saturated heterocycles. The van der Waals surface area contributed by atoms with Crippen molar-refractivity contribution in [3.63, 3.8) is 0 Å². The van der Waals surface area contributed by atoms with E-state index in [4.69, 9.17) is 0 Å². The Morgan fingerprint density at radius 1 is 1.52 bits per heavy atom. The molecule has 1 N–H and O–H groups in total. The number of carbonyl (C=O) groups is 1. The Labute approximate surface area is 131 Å². The molecular formula is C17H25NO2S. The number of rotatable bonds is 5. The highest BCUT2D eigenvalue weighted by atomic mass is 32.1. The average Bonchev–Trinajstić information content (AvgIpc) is 3.19. The van der Waals surface area contributed by atoms with Crippen LogP contribution in [0.15, 0.2) is 11.4 Å². The van der Waals surface area contributed by atoms with Gasteiger partial charge in [-0.1, -0.05) is 19.8 Å². The standard InChI is InChI=1S/C17H25NO2S/c1-2-15-8-14(10-21-15)16(20)18-7-3-6-17(11-18,12-19)9-13-4-5-13/h8,10,13,19H,2-7,9,11-12H2,1H3. The zero-order valence-corrected chi connectivity index (χ0v) is 13.6. The number of piperidine rings is 1. The van der Waals surface area contributed by atoms with Crippen LogP contribution >= 0.6 is 11.3 Å². The summed E-state index contributed by atoms with van der Waals surface area (Å²) in [5, 5.41) is 11.9. The Hall–Kier alpha value is -0.870. The summed E-state index contributed by atoms with van der Waals surface area (Å²) in [7, 11) is 0. The largest absolute Gasteiger partial charge is 0.396 e. The van der Waals surface area contributed by atoms with Crippen LogP contribution in [0.25, 0.3) is 0 Å². The summed E-state index contributed by atoms with van der Waals surface area (Å²) in [4.78, 5) is 15.9. The maximum Gasteiger partial charge on any atom is 0.254 e. The molecule has 0 radical (unpaired) electrons. The van der Waals surface area contributed by atoms with Gasteiger partial charge in [0.05, 0.1) is 12.2 Å². The molecule has 1 aliphatic heterocycles. The van der Waals surface area contributed by atoms with E-state index < -0.39 is 0 Å². The number of likely N-dealkylation sites (tertiary alicyclic amines) is 1. The smallest absolute Gasteiger partial charge is 0.254 e. The van der Waals surface area contributed by atoms with Crippen LogP contribution in [-0.2, 0) is 6.42 Å². The number of aliphatic hydroxyl groups excluding tert-OH is 1. The lowest BCUT2D eigenvalue weighted by Gasteiger charge is -2.42. The number of nitrogens with zero attached hydrogens (tertiary/aromatic N) is 1. The first-order chi connectivity index (χ1) is 10.2. The van der Waals surface area contributed by atoms with Crippen molar-refractivity contribution >= 4 is 17.2 Å². The Bertz CT molecular complexity index is 509. The molecule has 1 amide bonds. The second kappa shape index (κ2) is 6.09. The first kappa shape index (κ1) is 15.0. The lowest BCUT2D eigenvalue weighted by molar-refractivity contribution is 0.0196. The van der Waals surface area contributed by atoms with Gasteiger partial charge >= 0.3 is 0 Å². The third kappa shape index (κ3) is 3.32. The Kier molecular flexibility index (Phi) is 4.36. The number of carbonyl (C=O) groups excluding carboxylic acids is 1. The van der Waals surface area contributed by atoms with Crippen LogP contribution in [0.1, 0.15) is 54.3 Å². The minimum absolute atomic E-state index is 0.0430. The summed E-state index contributed by atoms with van der Waals surface area (Å²) in [6.07, 6.45) is 6.77. The van der Waals surface area contributed by atoms with E-state index in [1.165, 1.54) is 17.7 Å². The molecule has 3 nitrogen and oxygen atoms in total. The van der Waals surface area contributed by atoms with E-state index in [9.17, 15) is 9.90 Å². The Morgan fingerprint density at radius 3 is 2.95 bits per heavy atom. The molecule has 3 rings (SSSR count). The van der Waals surface area contributed by atoms with Crippen molar-refractivity contribution in [2.24, 2.45) is 11.3 Å². The molecule has 2 aliphatic rings. The SMILES string of the molecule is CCc1cc(C(=O)N2CCCC(CO)(CC3CC3)C2)cs1. The third-order valence-corrected chi connectivity index (χ3v) is 6.03. The molecule has 0 bridgehead atoms. The van der Waals surface area contributed by atoms with E-state index in [1.807, 2.05) is 16.3 Å². The van der Waals surface area contributed by atoms with E-state index in [1.54, 1.807) is 11.3 Å². The molecule has 1 saturated carbocycles. The second-order valence-electron chi connectivity index (χ2n) is 6.79. The van der Waals surface area contributed by atoms with Crippen LogP contribution in [-0.4, -0.2) is 35.6 Å². The van der Waals surface area contributed by atoms with Crippen LogP contribution in [0.2, 0.25) is 0 Å². The first-order valence-corrected chi connectivity index (χ1v) is 9.01. The summed E-state index contributed by atoms with van der Waals surface area (Å²) in [6, 6.07) is 2.03. The summed E-state index contributed by atoms with van der Waals surface area (Å²) in [5.41, 5.74) is 0.788. The lowest BCUT2D eigenvalue weighted by Crippen LogP contribution is -2.48. The van der Waals surface area contributed by atoms with Gasteiger partial charge in [0, 0.05) is 28.8 Å². The van der Waals surface area contributed by atoms with Crippen molar-refractivity contribution < 1.29 is 9.90 Å². The Balaban J connectivity index is 1.70. The fraction of sp³-hybridized carbons (Fsp3) is 0.706. The number of hydrogen-bond acceptors (Lipinski definition) is 3. The molecule has 2 fully saturated rings. The van der Waals surface area contributed by atoms with E-state index in [2.05, 4.69) is 6.92 Å². The van der Waals surface area contributed by atoms with Gasteiger partial charge in [-0.05, 0) is 37.7 Å². The van der Waals surface area contributed by atoms with Crippen molar-refractivity contribution in [2.45, 2.75) is 45.4 Å². The fourth-order valence-corrected chi connectivity index (χ4v) is 4.35. The maximum absolute atomic E-state index is 12.7. The predicted molar refractivity (Wildman–Crippen MR) is 85.7 cm³/mol. The molecule has 1 aromatic heterocycles. The van der Waals surface area contributed by atoms with Gasteiger partial charge in [-0.3, -0.25) is 4.79 Å². The van der Waals surface area contributed by atoms with E-state index in [0.717, 1.165) is 50.3 Å². The van der Waals surface area contributed by atoms with E-state index in [0.29, 0.717) is 0 Å². The third-order valence-electron chi connectivity index (χ3n) is 4.95. The molecule has 0 aromatic carbocycles. The van der Waals surface area contributed by atoms with Gasteiger partial charge in [-0.25, -0.2) is 0 Å². The van der Waals surface area contributed by atoms with Crippen molar-refractivity contribution in [2.75, 3.05) is 19.7 Å². The number of amides is 1. The lowest BCUT2D eigenvalue weighted by atomic mass is 9.76. The quantitative estimate of drug-likeness (QED) is 0.906. The van der Waals surface area contributed by atoms with Gasteiger partial charge in [0.1, 0.15) is 0 Å². The highest BCUT2D eigenvalue weighted by Gasteiger charge is 2.41. The van der Waals surface area contributed by atoms with Crippen molar-refractivity contribution in [1.82, 2.24) is 4.90 Å². The summed E-state index contributed by atoms with van der Waals surface area (Å²) in [5.74, 6) is 0.944. The van der Waals surface area contributed by atoms with Gasteiger partial charge in [0.2, 0.25) is 0 Å². The van der Waals surface area contributed by atoms with Crippen molar-refractivity contribution in [3.05, 3.63) is 21.9 Å². The number of aryl methyl sites for hydroxylation is 1. The average molecular weight is 307 g/mol. The summed E-state index contributed by atoms with van der Waals surface area (Å²) >= 11 is 1.67. The van der Waals surface area contributed by atoms with Crippen LogP contribution < -0.4 is 0 Å². The van der Waals surface area contributed by atoms with Crippen LogP contribution in [0.3, 0.4) is 0 Å². The maximum atomic E-state index is 12.7. The molecule has 116 valence electrons. The summed E-state index contributed by atoms with van der Waals surface area (Å²) in [6.45, 7) is 3.91. The number of aliphatic hydroxyl groups is 1. The summed E-state index contributed by atoms with van der Waals surface area (Å²) < 4.78 is 0. The van der Waals surface area contributed by atoms with Gasteiger partial charge in [-0.2, -0.15) is 0 Å². The fourth-order valence-electron chi connectivity index (χ4n) is 3.54. The van der Waals surface area contributed by atoms with Crippen LogP contribution in [0, 0.1) is 11.3 Å². The number of thiophene rings is 1. The first-order valence-electron chi connectivity index (χ1n) is 8.13. The normalized spacial score (nSPS) is 26.1. The molecule has 1 aromatic rings. The number of hydrogen-bond donors (Lipinski definition) is 1. The molecule has 0 spiro atoms. The molecule has 1 aliphatic carbocycles. The van der Waals surface area contributed by atoms with Crippen LogP contribution in [0.5, 0.6) is 0 Å². The van der Waals surface area contributed by atoms with Gasteiger partial charge in [-0.15, -0.1) is 11.3 Å². The minimum atomic E-state index is -0.0430. The monoisotopic (exact) mass is 307 g/mol. The van der Waals surface area contributed by atoms with Crippen molar-refractivity contribution in [3.8, 4) is 0 Å². The van der Waals surface area contributed by atoms with E-state index >= 15 is 0 Å². The van der Waals surface area contributed by atoms with Gasteiger partial charge < -0.3 is 10.0 Å². The molecule has 21 heavy (non-hydrogen) atoms. The van der Waals surface area contributed by atoms with Gasteiger partial charge in [0.15, 0.2) is 0 Å².